The van der Waals surface area contributed by atoms with Crippen molar-refractivity contribution < 1.29 is 5.11 Å². The van der Waals surface area contributed by atoms with Gasteiger partial charge in [-0.05, 0) is 23.8 Å². The van der Waals surface area contributed by atoms with Gasteiger partial charge < -0.3 is 10.4 Å². The average Bonchev–Trinajstić information content (AvgIpc) is 2.40. The zero-order valence-corrected chi connectivity index (χ0v) is 11.7. The molecule has 2 N–H and O–H groups in total. The second kappa shape index (κ2) is 6.19. The molecule has 1 aliphatic rings. The topological polar surface area (TPSA) is 59.3 Å². The highest BCUT2D eigenvalue weighted by Crippen LogP contribution is 2.32. The predicted molar refractivity (Wildman–Crippen MR) is 73.2 cm³/mol. The summed E-state index contributed by atoms with van der Waals surface area (Å²) in [5.74, 6) is 0.242. The van der Waals surface area contributed by atoms with Gasteiger partial charge in [0.15, 0.2) is 0 Å². The molecule has 1 aliphatic heterocycles. The Morgan fingerprint density at radius 1 is 1.44 bits per heavy atom. The zero-order valence-electron chi connectivity index (χ0n) is 10.1. The molecule has 5 heteroatoms. The normalized spacial score (nSPS) is 18.2. The maximum absolute atomic E-state index is 9.62. The summed E-state index contributed by atoms with van der Waals surface area (Å²) in [4.78, 5) is 2.29. The molecule has 0 radical (unpaired) electrons. The number of phenolic OH excluding ortho intramolecular Hbond substituents is 1. The van der Waals surface area contributed by atoms with Crippen LogP contribution in [0.4, 0.5) is 0 Å². The van der Waals surface area contributed by atoms with Crippen LogP contribution in [0.1, 0.15) is 18.0 Å². The van der Waals surface area contributed by atoms with Crippen LogP contribution in [0.25, 0.3) is 0 Å². The highest BCUT2D eigenvalue weighted by Gasteiger charge is 2.23. The van der Waals surface area contributed by atoms with Crippen LogP contribution in [0, 0.1) is 11.3 Å². The van der Waals surface area contributed by atoms with Crippen LogP contribution in [0.15, 0.2) is 22.7 Å². The van der Waals surface area contributed by atoms with Gasteiger partial charge in [-0.1, -0.05) is 15.9 Å². The third-order valence-corrected chi connectivity index (χ3v) is 3.94. The molecule has 1 aromatic rings. The highest BCUT2D eigenvalue weighted by atomic mass is 79.9. The number of phenols is 1. The van der Waals surface area contributed by atoms with E-state index in [0.29, 0.717) is 6.42 Å². The van der Waals surface area contributed by atoms with Crippen molar-refractivity contribution in [2.24, 2.45) is 0 Å². The Labute approximate surface area is 115 Å². The van der Waals surface area contributed by atoms with Crippen molar-refractivity contribution in [3.63, 3.8) is 0 Å². The molecule has 1 aromatic carbocycles. The molecule has 1 saturated heterocycles. The van der Waals surface area contributed by atoms with Crippen molar-refractivity contribution in [2.45, 2.75) is 12.5 Å². The first-order valence-electron chi connectivity index (χ1n) is 6.02. The molecule has 0 saturated carbocycles. The lowest BCUT2D eigenvalue weighted by Crippen LogP contribution is -2.45. The Bertz CT molecular complexity index is 452. The van der Waals surface area contributed by atoms with E-state index < -0.39 is 0 Å². The van der Waals surface area contributed by atoms with Gasteiger partial charge in [-0.3, -0.25) is 4.90 Å². The SMILES string of the molecule is N#CC[C@@H](c1cc(O)ccc1Br)N1CCNCC1. The van der Waals surface area contributed by atoms with Crippen LogP contribution in [0.2, 0.25) is 0 Å². The summed E-state index contributed by atoms with van der Waals surface area (Å²) in [5, 5.41) is 21.9. The highest BCUT2D eigenvalue weighted by molar-refractivity contribution is 9.10. The second-order valence-corrected chi connectivity index (χ2v) is 5.22. The molecular formula is C13H16BrN3O. The number of nitriles is 1. The predicted octanol–water partition coefficient (Wildman–Crippen LogP) is 2.01. The van der Waals surface area contributed by atoms with Gasteiger partial charge in [-0.15, -0.1) is 0 Å². The second-order valence-electron chi connectivity index (χ2n) is 4.37. The minimum absolute atomic E-state index is 0.0403. The lowest BCUT2D eigenvalue weighted by molar-refractivity contribution is 0.175. The molecule has 1 fully saturated rings. The number of nitrogens with zero attached hydrogens (tertiary/aromatic N) is 2. The van der Waals surface area contributed by atoms with Gasteiger partial charge in [0, 0.05) is 36.7 Å². The largest absolute Gasteiger partial charge is 0.508 e. The Kier molecular flexibility index (Phi) is 4.59. The van der Waals surface area contributed by atoms with Gasteiger partial charge in [-0.2, -0.15) is 5.26 Å². The number of rotatable bonds is 3. The van der Waals surface area contributed by atoms with E-state index in [1.54, 1.807) is 12.1 Å². The van der Waals surface area contributed by atoms with Crippen molar-refractivity contribution in [3.8, 4) is 11.8 Å². The number of hydrogen-bond donors (Lipinski definition) is 2. The van der Waals surface area contributed by atoms with Gasteiger partial charge in [0.1, 0.15) is 5.75 Å². The number of benzene rings is 1. The van der Waals surface area contributed by atoms with Crippen molar-refractivity contribution >= 4 is 15.9 Å². The first kappa shape index (κ1) is 13.3. The Hall–Kier alpha value is -1.09. The van der Waals surface area contributed by atoms with Gasteiger partial charge in [0.05, 0.1) is 12.5 Å². The van der Waals surface area contributed by atoms with Crippen LogP contribution in [0.5, 0.6) is 5.75 Å². The van der Waals surface area contributed by atoms with Crippen LogP contribution in [-0.4, -0.2) is 36.2 Å². The summed E-state index contributed by atoms with van der Waals surface area (Å²) in [6.07, 6.45) is 0.433. The third-order valence-electron chi connectivity index (χ3n) is 3.22. The molecule has 18 heavy (non-hydrogen) atoms. The quantitative estimate of drug-likeness (QED) is 0.897. The first-order chi connectivity index (χ1) is 8.72. The summed E-state index contributed by atoms with van der Waals surface area (Å²) >= 11 is 3.50. The third kappa shape index (κ3) is 3.02. The number of aromatic hydroxyl groups is 1. The Morgan fingerprint density at radius 3 is 2.83 bits per heavy atom. The summed E-state index contributed by atoms with van der Waals surface area (Å²) in [5.41, 5.74) is 0.985. The van der Waals surface area contributed by atoms with E-state index in [9.17, 15) is 5.11 Å². The maximum Gasteiger partial charge on any atom is 0.115 e. The van der Waals surface area contributed by atoms with E-state index in [2.05, 4.69) is 32.2 Å². The summed E-state index contributed by atoms with van der Waals surface area (Å²) in [6, 6.07) is 7.51. The van der Waals surface area contributed by atoms with Gasteiger partial charge in [0.25, 0.3) is 0 Å². The minimum atomic E-state index is 0.0403. The molecule has 0 aliphatic carbocycles. The van der Waals surface area contributed by atoms with Crippen molar-refractivity contribution in [1.29, 1.82) is 5.26 Å². The maximum atomic E-state index is 9.62. The molecule has 0 bridgehead atoms. The molecule has 4 nitrogen and oxygen atoms in total. The Morgan fingerprint density at radius 2 is 2.17 bits per heavy atom. The fraction of sp³-hybridized carbons (Fsp3) is 0.462. The number of hydrogen-bond acceptors (Lipinski definition) is 4. The first-order valence-corrected chi connectivity index (χ1v) is 6.82. The van der Waals surface area contributed by atoms with Crippen molar-refractivity contribution in [2.75, 3.05) is 26.2 Å². The summed E-state index contributed by atoms with van der Waals surface area (Å²) in [6.45, 7) is 3.74. The molecule has 0 unspecified atom stereocenters. The van der Waals surface area contributed by atoms with Crippen molar-refractivity contribution in [1.82, 2.24) is 10.2 Å². The molecule has 0 spiro atoms. The molecular weight excluding hydrogens is 294 g/mol. The van der Waals surface area contributed by atoms with E-state index >= 15 is 0 Å². The molecule has 2 rings (SSSR count). The van der Waals surface area contributed by atoms with E-state index in [4.69, 9.17) is 5.26 Å². The molecule has 0 aromatic heterocycles. The molecule has 1 atom stereocenters. The van der Waals surface area contributed by atoms with E-state index in [-0.39, 0.29) is 11.8 Å². The Balaban J connectivity index is 2.28. The average molecular weight is 310 g/mol. The lowest BCUT2D eigenvalue weighted by Gasteiger charge is -2.34. The van der Waals surface area contributed by atoms with Crippen LogP contribution < -0.4 is 5.32 Å². The minimum Gasteiger partial charge on any atom is -0.508 e. The standard InChI is InChI=1S/C13H16BrN3O/c14-12-2-1-10(18)9-11(12)13(3-4-15)17-7-5-16-6-8-17/h1-2,9,13,16,18H,3,5-8H2/t13-/m0/s1. The molecule has 0 amide bonds. The smallest absolute Gasteiger partial charge is 0.115 e. The number of nitrogens with one attached hydrogen (secondary N) is 1. The zero-order chi connectivity index (χ0) is 13.0. The number of piperazine rings is 1. The van der Waals surface area contributed by atoms with E-state index in [1.165, 1.54) is 0 Å². The van der Waals surface area contributed by atoms with Crippen molar-refractivity contribution in [3.05, 3.63) is 28.2 Å². The fourth-order valence-electron chi connectivity index (χ4n) is 2.30. The van der Waals surface area contributed by atoms with Crippen LogP contribution in [0.3, 0.4) is 0 Å². The van der Waals surface area contributed by atoms with Gasteiger partial charge >= 0.3 is 0 Å². The van der Waals surface area contributed by atoms with Crippen LogP contribution >= 0.6 is 15.9 Å². The van der Waals surface area contributed by atoms with E-state index in [0.717, 1.165) is 36.2 Å². The molecule has 96 valence electrons. The van der Waals surface area contributed by atoms with E-state index in [1.807, 2.05) is 6.07 Å². The fourth-order valence-corrected chi connectivity index (χ4v) is 2.81. The van der Waals surface area contributed by atoms with Crippen LogP contribution in [-0.2, 0) is 0 Å². The monoisotopic (exact) mass is 309 g/mol. The van der Waals surface area contributed by atoms with Gasteiger partial charge in [0.2, 0.25) is 0 Å². The lowest BCUT2D eigenvalue weighted by atomic mass is 10.0. The number of halogens is 1. The summed E-state index contributed by atoms with van der Waals surface area (Å²) < 4.78 is 0.944. The summed E-state index contributed by atoms with van der Waals surface area (Å²) in [7, 11) is 0. The van der Waals surface area contributed by atoms with Gasteiger partial charge in [-0.25, -0.2) is 0 Å². The molecule has 1 heterocycles.